The van der Waals surface area contributed by atoms with Crippen LogP contribution >= 0.6 is 0 Å². The van der Waals surface area contributed by atoms with Gasteiger partial charge >= 0.3 is 0 Å². The average molecular weight is 344 g/mol. The highest BCUT2D eigenvalue weighted by atomic mass is 16.2. The molecule has 4 nitrogen and oxygen atoms in total. The van der Waals surface area contributed by atoms with E-state index in [0.29, 0.717) is 18.5 Å². The van der Waals surface area contributed by atoms with Crippen molar-refractivity contribution in [2.24, 2.45) is 5.92 Å². The third-order valence-electron chi connectivity index (χ3n) is 5.78. The molecular weight excluding hydrogens is 310 g/mol. The molecule has 4 heteroatoms. The maximum Gasteiger partial charge on any atom is 0.234 e. The standard InChI is InChI=1S/C21H33N3O/c1-17-6-5-8-19(14-17)15-23-10-12-24(13-11-23)16-21(25)22-20-9-4-3-7-18(20)2/h5-6,8,14,18,20H,3-4,7,9-13,15-16H2,1-2H3,(H,22,25)/t18-,20+/m1/s1. The van der Waals surface area contributed by atoms with Gasteiger partial charge in [0.1, 0.15) is 0 Å². The molecule has 1 aromatic carbocycles. The molecule has 2 aliphatic rings. The molecule has 1 aliphatic carbocycles. The van der Waals surface area contributed by atoms with Crippen molar-refractivity contribution in [2.45, 2.75) is 52.1 Å². The van der Waals surface area contributed by atoms with Gasteiger partial charge in [0.05, 0.1) is 6.54 Å². The molecule has 1 aromatic rings. The lowest BCUT2D eigenvalue weighted by atomic mass is 9.86. The fourth-order valence-corrected chi connectivity index (χ4v) is 4.16. The van der Waals surface area contributed by atoms with E-state index in [1.165, 1.54) is 30.4 Å². The maximum absolute atomic E-state index is 12.4. The predicted octanol–water partition coefficient (Wildman–Crippen LogP) is 2.81. The number of aryl methyl sites for hydroxylation is 1. The Labute approximate surface area is 152 Å². The molecule has 1 saturated heterocycles. The van der Waals surface area contributed by atoms with Gasteiger partial charge in [0, 0.05) is 38.8 Å². The van der Waals surface area contributed by atoms with Gasteiger partial charge in [-0.05, 0) is 31.2 Å². The molecule has 25 heavy (non-hydrogen) atoms. The van der Waals surface area contributed by atoms with Crippen LogP contribution in [0.2, 0.25) is 0 Å². The average Bonchev–Trinajstić information content (AvgIpc) is 2.59. The van der Waals surface area contributed by atoms with E-state index >= 15 is 0 Å². The summed E-state index contributed by atoms with van der Waals surface area (Å²) < 4.78 is 0. The van der Waals surface area contributed by atoms with Gasteiger partial charge in [-0.3, -0.25) is 14.6 Å². The number of piperazine rings is 1. The monoisotopic (exact) mass is 343 g/mol. The van der Waals surface area contributed by atoms with Crippen molar-refractivity contribution in [3.63, 3.8) is 0 Å². The number of nitrogens with one attached hydrogen (secondary N) is 1. The summed E-state index contributed by atoms with van der Waals surface area (Å²) in [5, 5.41) is 3.28. The quantitative estimate of drug-likeness (QED) is 0.893. The van der Waals surface area contributed by atoms with Gasteiger partial charge < -0.3 is 5.32 Å². The lowest BCUT2D eigenvalue weighted by Crippen LogP contribution is -2.51. The van der Waals surface area contributed by atoms with Gasteiger partial charge in [0.2, 0.25) is 5.91 Å². The number of amides is 1. The molecule has 1 saturated carbocycles. The first-order valence-electron chi connectivity index (χ1n) is 9.90. The van der Waals surface area contributed by atoms with Crippen molar-refractivity contribution in [1.82, 2.24) is 15.1 Å². The van der Waals surface area contributed by atoms with Gasteiger partial charge in [0.25, 0.3) is 0 Å². The molecule has 1 aliphatic heterocycles. The van der Waals surface area contributed by atoms with Crippen LogP contribution in [0.4, 0.5) is 0 Å². The van der Waals surface area contributed by atoms with Gasteiger partial charge in [-0.25, -0.2) is 0 Å². The van der Waals surface area contributed by atoms with Crippen molar-refractivity contribution >= 4 is 5.91 Å². The summed E-state index contributed by atoms with van der Waals surface area (Å²) >= 11 is 0. The van der Waals surface area contributed by atoms with E-state index in [-0.39, 0.29) is 5.91 Å². The molecule has 1 amide bonds. The van der Waals surface area contributed by atoms with E-state index in [1.54, 1.807) is 0 Å². The van der Waals surface area contributed by atoms with Crippen LogP contribution in [0.5, 0.6) is 0 Å². The number of nitrogens with zero attached hydrogens (tertiary/aromatic N) is 2. The van der Waals surface area contributed by atoms with Crippen LogP contribution in [0.1, 0.15) is 43.7 Å². The first-order valence-corrected chi connectivity index (χ1v) is 9.90. The molecule has 2 atom stereocenters. The molecule has 0 radical (unpaired) electrons. The van der Waals surface area contributed by atoms with Crippen molar-refractivity contribution < 1.29 is 4.79 Å². The summed E-state index contributed by atoms with van der Waals surface area (Å²) in [6.45, 7) is 10.0. The number of benzene rings is 1. The number of rotatable bonds is 5. The summed E-state index contributed by atoms with van der Waals surface area (Å²) in [6, 6.07) is 9.15. The summed E-state index contributed by atoms with van der Waals surface area (Å²) in [6.07, 6.45) is 4.98. The van der Waals surface area contributed by atoms with Crippen LogP contribution in [0, 0.1) is 12.8 Å². The second-order valence-corrected chi connectivity index (χ2v) is 7.98. The van der Waals surface area contributed by atoms with E-state index in [4.69, 9.17) is 0 Å². The van der Waals surface area contributed by atoms with Crippen LogP contribution in [-0.4, -0.2) is 54.5 Å². The SMILES string of the molecule is Cc1cccc(CN2CCN(CC(=O)N[C@H]3CCCC[C@H]3C)CC2)c1. The van der Waals surface area contributed by atoms with Crippen LogP contribution in [0.15, 0.2) is 24.3 Å². The third-order valence-corrected chi connectivity index (χ3v) is 5.78. The molecule has 2 fully saturated rings. The zero-order valence-corrected chi connectivity index (χ0v) is 15.8. The van der Waals surface area contributed by atoms with Crippen LogP contribution in [0.3, 0.4) is 0 Å². The number of carbonyl (C=O) groups is 1. The maximum atomic E-state index is 12.4. The van der Waals surface area contributed by atoms with Crippen molar-refractivity contribution in [1.29, 1.82) is 0 Å². The van der Waals surface area contributed by atoms with E-state index in [2.05, 4.69) is 53.2 Å². The fraction of sp³-hybridized carbons (Fsp3) is 0.667. The Bertz CT molecular complexity index is 566. The van der Waals surface area contributed by atoms with Crippen LogP contribution < -0.4 is 5.32 Å². The third kappa shape index (κ3) is 5.55. The van der Waals surface area contributed by atoms with Crippen LogP contribution in [0.25, 0.3) is 0 Å². The van der Waals surface area contributed by atoms with Gasteiger partial charge in [-0.2, -0.15) is 0 Å². The van der Waals surface area contributed by atoms with E-state index in [0.717, 1.165) is 39.1 Å². The molecule has 138 valence electrons. The normalized spacial score (nSPS) is 25.7. The van der Waals surface area contributed by atoms with E-state index in [1.807, 2.05) is 0 Å². The number of hydrogen-bond acceptors (Lipinski definition) is 3. The molecule has 1 N–H and O–H groups in total. The lowest BCUT2D eigenvalue weighted by Gasteiger charge is -2.35. The highest BCUT2D eigenvalue weighted by Crippen LogP contribution is 2.23. The van der Waals surface area contributed by atoms with Crippen molar-refractivity contribution in [2.75, 3.05) is 32.7 Å². The lowest BCUT2D eigenvalue weighted by molar-refractivity contribution is -0.124. The summed E-state index contributed by atoms with van der Waals surface area (Å²) in [5.41, 5.74) is 2.71. The Morgan fingerprint density at radius 3 is 2.56 bits per heavy atom. The molecular formula is C21H33N3O. The first kappa shape index (κ1) is 18.4. The van der Waals surface area contributed by atoms with Gasteiger partial charge in [0.15, 0.2) is 0 Å². The minimum atomic E-state index is 0.214. The Balaban J connectivity index is 1.39. The molecule has 3 rings (SSSR count). The predicted molar refractivity (Wildman–Crippen MR) is 102 cm³/mol. The Hall–Kier alpha value is -1.39. The Morgan fingerprint density at radius 1 is 1.12 bits per heavy atom. The van der Waals surface area contributed by atoms with E-state index < -0.39 is 0 Å². The van der Waals surface area contributed by atoms with Crippen molar-refractivity contribution in [3.8, 4) is 0 Å². The van der Waals surface area contributed by atoms with Crippen LogP contribution in [-0.2, 0) is 11.3 Å². The second-order valence-electron chi connectivity index (χ2n) is 7.98. The van der Waals surface area contributed by atoms with Gasteiger partial charge in [-0.15, -0.1) is 0 Å². The number of carbonyl (C=O) groups excluding carboxylic acids is 1. The summed E-state index contributed by atoms with van der Waals surface area (Å²) in [4.78, 5) is 17.2. The molecule has 0 aromatic heterocycles. The molecule has 0 spiro atoms. The topological polar surface area (TPSA) is 35.6 Å². The number of hydrogen-bond donors (Lipinski definition) is 1. The minimum absolute atomic E-state index is 0.214. The second kappa shape index (κ2) is 8.81. The van der Waals surface area contributed by atoms with E-state index in [9.17, 15) is 4.79 Å². The molecule has 1 heterocycles. The molecule has 0 unspecified atom stereocenters. The highest BCUT2D eigenvalue weighted by molar-refractivity contribution is 5.78. The largest absolute Gasteiger partial charge is 0.352 e. The minimum Gasteiger partial charge on any atom is -0.352 e. The zero-order chi connectivity index (χ0) is 17.6. The summed E-state index contributed by atoms with van der Waals surface area (Å²) in [7, 11) is 0. The fourth-order valence-electron chi connectivity index (χ4n) is 4.16. The summed E-state index contributed by atoms with van der Waals surface area (Å²) in [5.74, 6) is 0.842. The Morgan fingerprint density at radius 2 is 1.84 bits per heavy atom. The first-order chi connectivity index (χ1) is 12.1. The highest BCUT2D eigenvalue weighted by Gasteiger charge is 2.24. The molecule has 0 bridgehead atoms. The Kier molecular flexibility index (Phi) is 6.49. The van der Waals surface area contributed by atoms with Crippen molar-refractivity contribution in [3.05, 3.63) is 35.4 Å². The zero-order valence-electron chi connectivity index (χ0n) is 15.8. The smallest absolute Gasteiger partial charge is 0.234 e. The van der Waals surface area contributed by atoms with Gasteiger partial charge in [-0.1, -0.05) is 49.6 Å².